The highest BCUT2D eigenvalue weighted by Crippen LogP contribution is 2.88. The number of hydrogen-bond donors (Lipinski definition) is 4. The van der Waals surface area contributed by atoms with E-state index in [4.69, 9.17) is 0 Å². The van der Waals surface area contributed by atoms with Crippen LogP contribution >= 0.6 is 0 Å². The van der Waals surface area contributed by atoms with Crippen molar-refractivity contribution in [2.24, 2.45) is 34.0 Å². The molecule has 3 aliphatic heterocycles. The standard InChI is InChI=1S/C20H27NO4/c1-8-9-3-10-14-20-13-11(5-18(10,15(8)23)19(20,25)4-9)21(14)7-17(13,2)6-12(22)16(20)24/h9-16,22-25H,1,3-7H2,2H3. The van der Waals surface area contributed by atoms with Gasteiger partial charge in [0.2, 0.25) is 0 Å². The van der Waals surface area contributed by atoms with E-state index in [0.717, 1.165) is 25.0 Å². The molecule has 9 aliphatic rings. The molecule has 0 amide bonds. The first-order valence-electron chi connectivity index (χ1n) is 9.95. The lowest BCUT2D eigenvalue weighted by molar-refractivity contribution is -0.303. The van der Waals surface area contributed by atoms with Gasteiger partial charge in [0, 0.05) is 29.5 Å². The van der Waals surface area contributed by atoms with Gasteiger partial charge in [0.1, 0.15) is 0 Å². The van der Waals surface area contributed by atoms with Crippen LogP contribution in [0, 0.1) is 34.0 Å². The number of aliphatic hydroxyl groups excluding tert-OH is 3. The predicted octanol–water partition coefficient (Wildman–Crippen LogP) is -0.121. The van der Waals surface area contributed by atoms with Crippen molar-refractivity contribution in [3.63, 3.8) is 0 Å². The van der Waals surface area contributed by atoms with Gasteiger partial charge in [-0.05, 0) is 54.4 Å². The molecule has 4 N–H and O–H groups in total. The van der Waals surface area contributed by atoms with E-state index in [0.29, 0.717) is 18.9 Å². The van der Waals surface area contributed by atoms with Crippen LogP contribution in [0.2, 0.25) is 0 Å². The Kier molecular flexibility index (Phi) is 2.04. The van der Waals surface area contributed by atoms with Crippen molar-refractivity contribution in [3.8, 4) is 0 Å². The van der Waals surface area contributed by atoms with Gasteiger partial charge in [-0.25, -0.2) is 0 Å². The SMILES string of the molecule is C=C1C2CC3C4N5CC6(C)CC(O)C(O)C47C6C5CC3(C1O)C7(O)C2. The molecule has 0 aromatic rings. The first kappa shape index (κ1) is 14.6. The summed E-state index contributed by atoms with van der Waals surface area (Å²) >= 11 is 0. The average Bonchev–Trinajstić information content (AvgIpc) is 2.95. The molecule has 5 nitrogen and oxygen atoms in total. The van der Waals surface area contributed by atoms with Crippen molar-refractivity contribution >= 4 is 0 Å². The largest absolute Gasteiger partial charge is 0.390 e. The fourth-order valence-corrected chi connectivity index (χ4v) is 10.4. The Bertz CT molecular complexity index is 756. The summed E-state index contributed by atoms with van der Waals surface area (Å²) in [4.78, 5) is 2.57. The summed E-state index contributed by atoms with van der Waals surface area (Å²) in [6.07, 6.45) is 0.678. The Morgan fingerprint density at radius 2 is 1.92 bits per heavy atom. The van der Waals surface area contributed by atoms with Crippen molar-refractivity contribution in [1.29, 1.82) is 0 Å². The van der Waals surface area contributed by atoms with Gasteiger partial charge in [-0.3, -0.25) is 4.90 Å². The highest BCUT2D eigenvalue weighted by atomic mass is 16.3. The number of fused-ring (bicyclic) bond motifs is 1. The van der Waals surface area contributed by atoms with E-state index in [1.54, 1.807) is 0 Å². The molecule has 3 heterocycles. The molecule has 13 unspecified atom stereocenters. The summed E-state index contributed by atoms with van der Waals surface area (Å²) in [6.45, 7) is 7.39. The van der Waals surface area contributed by atoms with Crippen molar-refractivity contribution in [1.82, 2.24) is 4.90 Å². The van der Waals surface area contributed by atoms with Crippen LogP contribution in [0.4, 0.5) is 0 Å². The molecule has 9 fully saturated rings. The van der Waals surface area contributed by atoms with Crippen LogP contribution in [-0.2, 0) is 0 Å². The molecule has 6 saturated carbocycles. The monoisotopic (exact) mass is 345 g/mol. The van der Waals surface area contributed by atoms with Gasteiger partial charge in [0.15, 0.2) is 0 Å². The molecule has 2 spiro atoms. The summed E-state index contributed by atoms with van der Waals surface area (Å²) in [5, 5.41) is 45.7. The fourth-order valence-electron chi connectivity index (χ4n) is 10.4. The second-order valence-electron chi connectivity index (χ2n) is 10.8. The minimum atomic E-state index is -1.09. The third-order valence-electron chi connectivity index (χ3n) is 10.5. The maximum absolute atomic E-state index is 12.3. The van der Waals surface area contributed by atoms with E-state index in [9.17, 15) is 20.4 Å². The van der Waals surface area contributed by atoms with E-state index in [2.05, 4.69) is 18.4 Å². The zero-order chi connectivity index (χ0) is 17.3. The van der Waals surface area contributed by atoms with Gasteiger partial charge in [-0.1, -0.05) is 13.5 Å². The van der Waals surface area contributed by atoms with E-state index in [1.165, 1.54) is 0 Å². The molecular weight excluding hydrogens is 318 g/mol. The molecule has 136 valence electrons. The molecular formula is C20H27NO4. The molecule has 0 radical (unpaired) electrons. The minimum absolute atomic E-state index is 0.0458. The maximum atomic E-state index is 12.3. The third-order valence-corrected chi connectivity index (χ3v) is 10.5. The molecule has 13 atom stereocenters. The molecule has 6 aliphatic carbocycles. The lowest BCUT2D eigenvalue weighted by atomic mass is 9.37. The highest BCUT2D eigenvalue weighted by molar-refractivity contribution is 5.48. The van der Waals surface area contributed by atoms with Crippen molar-refractivity contribution in [3.05, 3.63) is 12.2 Å². The van der Waals surface area contributed by atoms with Crippen LogP contribution in [0.15, 0.2) is 12.2 Å². The van der Waals surface area contributed by atoms with E-state index in [-0.39, 0.29) is 29.2 Å². The molecule has 25 heavy (non-hydrogen) atoms. The van der Waals surface area contributed by atoms with Gasteiger partial charge in [0.05, 0.1) is 23.9 Å². The third kappa shape index (κ3) is 0.981. The number of piperidine rings is 2. The Morgan fingerprint density at radius 3 is 2.68 bits per heavy atom. The van der Waals surface area contributed by atoms with Crippen LogP contribution in [0.3, 0.4) is 0 Å². The highest BCUT2D eigenvalue weighted by Gasteiger charge is 2.95. The Labute approximate surface area is 147 Å². The summed E-state index contributed by atoms with van der Waals surface area (Å²) in [5.74, 6) is 0.577. The van der Waals surface area contributed by atoms with Gasteiger partial charge >= 0.3 is 0 Å². The van der Waals surface area contributed by atoms with Crippen molar-refractivity contribution in [2.75, 3.05) is 6.54 Å². The number of aliphatic hydroxyl groups is 4. The van der Waals surface area contributed by atoms with Gasteiger partial charge in [-0.15, -0.1) is 0 Å². The average molecular weight is 345 g/mol. The number of hydrogen-bond acceptors (Lipinski definition) is 5. The smallest absolute Gasteiger partial charge is 0.0901 e. The fraction of sp³-hybridized carbons (Fsp3) is 0.900. The van der Waals surface area contributed by atoms with E-state index in [1.807, 2.05) is 0 Å². The second-order valence-corrected chi connectivity index (χ2v) is 10.8. The first-order chi connectivity index (χ1) is 11.7. The van der Waals surface area contributed by atoms with Crippen LogP contribution < -0.4 is 0 Å². The zero-order valence-corrected chi connectivity index (χ0v) is 14.6. The molecule has 9 rings (SSSR count). The molecule has 9 bridgehead atoms. The number of rotatable bonds is 0. The predicted molar refractivity (Wildman–Crippen MR) is 88.3 cm³/mol. The Balaban J connectivity index is 1.58. The summed E-state index contributed by atoms with van der Waals surface area (Å²) in [6, 6.07) is 0.429. The lowest BCUT2D eigenvalue weighted by Crippen LogP contribution is -2.77. The Hall–Kier alpha value is -0.460. The van der Waals surface area contributed by atoms with E-state index < -0.39 is 34.7 Å². The first-order valence-corrected chi connectivity index (χ1v) is 9.95. The zero-order valence-electron chi connectivity index (χ0n) is 14.6. The van der Waals surface area contributed by atoms with Crippen LogP contribution in [0.1, 0.15) is 32.6 Å². The van der Waals surface area contributed by atoms with Crippen molar-refractivity contribution < 1.29 is 20.4 Å². The molecule has 0 aromatic carbocycles. The molecule has 5 heteroatoms. The van der Waals surface area contributed by atoms with Crippen molar-refractivity contribution in [2.45, 2.75) is 68.6 Å². The normalized spacial score (nSPS) is 76.5. The molecule has 0 aromatic heterocycles. The second kappa shape index (κ2) is 3.49. The van der Waals surface area contributed by atoms with Crippen LogP contribution in [-0.4, -0.2) is 67.9 Å². The minimum Gasteiger partial charge on any atom is -0.390 e. The molecule has 3 saturated heterocycles. The summed E-state index contributed by atoms with van der Waals surface area (Å²) in [7, 11) is 0. The van der Waals surface area contributed by atoms with Crippen LogP contribution in [0.25, 0.3) is 0 Å². The van der Waals surface area contributed by atoms with Gasteiger partial charge < -0.3 is 20.4 Å². The van der Waals surface area contributed by atoms with Crippen LogP contribution in [0.5, 0.6) is 0 Å². The summed E-state index contributed by atoms with van der Waals surface area (Å²) in [5.41, 5.74) is -1.48. The lowest BCUT2D eigenvalue weighted by Gasteiger charge is -2.69. The number of nitrogens with zero attached hydrogens (tertiary/aromatic N) is 1. The van der Waals surface area contributed by atoms with Gasteiger partial charge in [-0.2, -0.15) is 0 Å². The Morgan fingerprint density at radius 1 is 1.16 bits per heavy atom. The van der Waals surface area contributed by atoms with E-state index >= 15 is 0 Å². The summed E-state index contributed by atoms with van der Waals surface area (Å²) < 4.78 is 0. The van der Waals surface area contributed by atoms with Gasteiger partial charge in [0.25, 0.3) is 0 Å². The topological polar surface area (TPSA) is 84.2 Å². The maximum Gasteiger partial charge on any atom is 0.0901 e. The quantitative estimate of drug-likeness (QED) is 0.460.